The molecular weight excluding hydrogens is 376 g/mol. The van der Waals surface area contributed by atoms with Gasteiger partial charge in [-0.2, -0.15) is 0 Å². The Bertz CT molecular complexity index is 926. The van der Waals surface area contributed by atoms with Crippen molar-refractivity contribution in [1.82, 2.24) is 9.55 Å². The zero-order valence-corrected chi connectivity index (χ0v) is 19.6. The van der Waals surface area contributed by atoms with Crippen LogP contribution in [0.3, 0.4) is 0 Å². The summed E-state index contributed by atoms with van der Waals surface area (Å²) in [4.78, 5) is 5.13. The van der Waals surface area contributed by atoms with Gasteiger partial charge in [0, 0.05) is 17.5 Å². The number of hydrogen-bond donors (Lipinski definition) is 0. The summed E-state index contributed by atoms with van der Waals surface area (Å²) in [6, 6.07) is 18.7. The van der Waals surface area contributed by atoms with Crippen LogP contribution in [0.1, 0.15) is 37.9 Å². The van der Waals surface area contributed by atoms with Gasteiger partial charge in [-0.3, -0.25) is 0 Å². The number of imidazole rings is 1. The van der Waals surface area contributed by atoms with Crippen LogP contribution in [0.4, 0.5) is 0 Å². The van der Waals surface area contributed by atoms with Gasteiger partial charge in [-0.1, -0.05) is 63.2 Å². The van der Waals surface area contributed by atoms with Crippen LogP contribution in [0.15, 0.2) is 54.6 Å². The summed E-state index contributed by atoms with van der Waals surface area (Å²) in [6.45, 7) is 12.4. The van der Waals surface area contributed by atoms with Crippen molar-refractivity contribution >= 4 is 9.04 Å². The van der Waals surface area contributed by atoms with Crippen LogP contribution in [-0.2, 0) is 23.0 Å². The summed E-state index contributed by atoms with van der Waals surface area (Å²) in [7, 11) is 0.533. The van der Waals surface area contributed by atoms with Crippen LogP contribution in [0.2, 0.25) is 13.1 Å². The number of methoxy groups -OCH3 is 1. The molecule has 0 N–H and O–H groups in total. The standard InChI is InChI=1S/C24H32N2O2Si/c1-24(2,3)23-25-22(19-10-8-7-9-11-19)21(17-28-29(5)6)26(23)16-18-12-14-20(27-4)15-13-18/h7-15,29H,16-17H2,1-6H3. The van der Waals surface area contributed by atoms with Gasteiger partial charge in [0.2, 0.25) is 0 Å². The van der Waals surface area contributed by atoms with E-state index in [-0.39, 0.29) is 5.41 Å². The molecule has 4 nitrogen and oxygen atoms in total. The van der Waals surface area contributed by atoms with Crippen molar-refractivity contribution in [2.24, 2.45) is 0 Å². The van der Waals surface area contributed by atoms with Crippen LogP contribution in [0, 0.1) is 0 Å². The Morgan fingerprint density at radius 3 is 2.17 bits per heavy atom. The topological polar surface area (TPSA) is 36.3 Å². The molecule has 0 radical (unpaired) electrons. The predicted octanol–water partition coefficient (Wildman–Crippen LogP) is 5.40. The van der Waals surface area contributed by atoms with Crippen LogP contribution in [-0.4, -0.2) is 25.7 Å². The van der Waals surface area contributed by atoms with E-state index in [0.717, 1.165) is 35.1 Å². The van der Waals surface area contributed by atoms with Crippen molar-refractivity contribution in [1.29, 1.82) is 0 Å². The predicted molar refractivity (Wildman–Crippen MR) is 122 cm³/mol. The smallest absolute Gasteiger partial charge is 0.171 e. The summed E-state index contributed by atoms with van der Waals surface area (Å²) in [5.41, 5.74) is 4.45. The van der Waals surface area contributed by atoms with E-state index in [1.165, 1.54) is 5.56 Å². The van der Waals surface area contributed by atoms with Crippen molar-refractivity contribution in [2.75, 3.05) is 7.11 Å². The molecule has 0 aliphatic rings. The Morgan fingerprint density at radius 1 is 0.966 bits per heavy atom. The normalized spacial score (nSPS) is 11.8. The molecule has 154 valence electrons. The van der Waals surface area contributed by atoms with E-state index in [9.17, 15) is 0 Å². The van der Waals surface area contributed by atoms with Crippen molar-refractivity contribution in [3.63, 3.8) is 0 Å². The maximum absolute atomic E-state index is 6.19. The Hall–Kier alpha value is -2.37. The Labute approximate surface area is 176 Å². The maximum Gasteiger partial charge on any atom is 0.171 e. The molecule has 5 heteroatoms. The highest BCUT2D eigenvalue weighted by Gasteiger charge is 2.27. The van der Waals surface area contributed by atoms with Crippen LogP contribution in [0.25, 0.3) is 11.3 Å². The largest absolute Gasteiger partial charge is 0.497 e. The minimum absolute atomic E-state index is 0.0799. The molecule has 0 saturated carbocycles. The zero-order valence-electron chi connectivity index (χ0n) is 18.4. The van der Waals surface area contributed by atoms with Gasteiger partial charge in [0.05, 0.1) is 25.1 Å². The molecule has 0 saturated heterocycles. The van der Waals surface area contributed by atoms with Crippen molar-refractivity contribution < 1.29 is 9.16 Å². The van der Waals surface area contributed by atoms with E-state index >= 15 is 0 Å². The zero-order chi connectivity index (χ0) is 21.0. The third-order valence-corrected chi connectivity index (χ3v) is 5.68. The minimum atomic E-state index is -1.16. The number of benzene rings is 2. The molecule has 29 heavy (non-hydrogen) atoms. The highest BCUT2D eigenvalue weighted by Crippen LogP contribution is 2.32. The fraction of sp³-hybridized carbons (Fsp3) is 0.375. The van der Waals surface area contributed by atoms with Crippen molar-refractivity contribution in [3.8, 4) is 17.0 Å². The lowest BCUT2D eigenvalue weighted by atomic mass is 9.95. The number of ether oxygens (including phenoxy) is 1. The Kier molecular flexibility index (Phi) is 6.60. The molecular formula is C24H32N2O2Si. The van der Waals surface area contributed by atoms with E-state index in [4.69, 9.17) is 14.1 Å². The average Bonchev–Trinajstić information content (AvgIpc) is 3.06. The average molecular weight is 409 g/mol. The molecule has 0 aliphatic heterocycles. The molecule has 2 aromatic carbocycles. The quantitative estimate of drug-likeness (QED) is 0.491. The first-order chi connectivity index (χ1) is 13.8. The summed E-state index contributed by atoms with van der Waals surface area (Å²) >= 11 is 0. The van der Waals surface area contributed by atoms with Crippen molar-refractivity contribution in [2.45, 2.75) is 52.4 Å². The first-order valence-corrected chi connectivity index (χ1v) is 13.0. The van der Waals surface area contributed by atoms with E-state index < -0.39 is 9.04 Å². The number of nitrogens with zero attached hydrogens (tertiary/aromatic N) is 2. The number of aromatic nitrogens is 2. The summed E-state index contributed by atoms with van der Waals surface area (Å²) in [6.07, 6.45) is 0. The molecule has 3 rings (SSSR count). The first kappa shape index (κ1) is 21.3. The second-order valence-electron chi connectivity index (χ2n) is 8.64. The SMILES string of the molecule is COc1ccc(Cn2c(C(C)(C)C)nc(-c3ccccc3)c2CO[SiH](C)C)cc1. The van der Waals surface area contributed by atoms with Crippen LogP contribution >= 0.6 is 0 Å². The highest BCUT2D eigenvalue weighted by molar-refractivity contribution is 6.48. The van der Waals surface area contributed by atoms with Gasteiger partial charge >= 0.3 is 0 Å². The van der Waals surface area contributed by atoms with Gasteiger partial charge in [0.25, 0.3) is 0 Å². The highest BCUT2D eigenvalue weighted by atomic mass is 28.3. The van der Waals surface area contributed by atoms with Gasteiger partial charge in [0.1, 0.15) is 11.6 Å². The lowest BCUT2D eigenvalue weighted by Crippen LogP contribution is -2.21. The lowest BCUT2D eigenvalue weighted by Gasteiger charge is -2.22. The van der Waals surface area contributed by atoms with Gasteiger partial charge in [0.15, 0.2) is 9.04 Å². The molecule has 0 unspecified atom stereocenters. The maximum atomic E-state index is 6.19. The fourth-order valence-corrected chi connectivity index (χ4v) is 3.85. The summed E-state index contributed by atoms with van der Waals surface area (Å²) < 4.78 is 13.9. The van der Waals surface area contributed by atoms with Gasteiger partial charge in [-0.15, -0.1) is 0 Å². The number of rotatable bonds is 7. The summed E-state index contributed by atoms with van der Waals surface area (Å²) in [5, 5.41) is 0. The second-order valence-corrected chi connectivity index (χ2v) is 11.1. The van der Waals surface area contributed by atoms with Crippen LogP contribution < -0.4 is 4.74 Å². The van der Waals surface area contributed by atoms with Crippen LogP contribution in [0.5, 0.6) is 5.75 Å². The Morgan fingerprint density at radius 2 is 1.62 bits per heavy atom. The van der Waals surface area contributed by atoms with Gasteiger partial charge < -0.3 is 13.7 Å². The molecule has 0 aliphatic carbocycles. The Balaban J connectivity index is 2.12. The second kappa shape index (κ2) is 8.97. The third-order valence-electron chi connectivity index (χ3n) is 4.84. The number of hydrogen-bond acceptors (Lipinski definition) is 3. The molecule has 0 fully saturated rings. The van der Waals surface area contributed by atoms with E-state index in [0.29, 0.717) is 6.61 Å². The molecule has 1 heterocycles. The van der Waals surface area contributed by atoms with Gasteiger partial charge in [-0.25, -0.2) is 4.98 Å². The van der Waals surface area contributed by atoms with Gasteiger partial charge in [-0.05, 0) is 30.8 Å². The third kappa shape index (κ3) is 5.17. The van der Waals surface area contributed by atoms with E-state index in [1.54, 1.807) is 7.11 Å². The molecule has 0 bridgehead atoms. The molecule has 0 spiro atoms. The molecule has 0 amide bonds. The molecule has 0 atom stereocenters. The first-order valence-electron chi connectivity index (χ1n) is 10.2. The fourth-order valence-electron chi connectivity index (χ4n) is 3.36. The molecule has 1 aromatic heterocycles. The summed E-state index contributed by atoms with van der Waals surface area (Å²) in [5.74, 6) is 1.95. The molecule has 3 aromatic rings. The minimum Gasteiger partial charge on any atom is -0.497 e. The van der Waals surface area contributed by atoms with E-state index in [2.05, 4.69) is 74.8 Å². The van der Waals surface area contributed by atoms with Crippen molar-refractivity contribution in [3.05, 3.63) is 71.7 Å². The lowest BCUT2D eigenvalue weighted by molar-refractivity contribution is 0.302. The van der Waals surface area contributed by atoms with E-state index in [1.807, 2.05) is 18.2 Å². The monoisotopic (exact) mass is 408 g/mol.